The molecule has 5 nitrogen and oxygen atoms in total. The third-order valence-electron chi connectivity index (χ3n) is 6.34. The van der Waals surface area contributed by atoms with E-state index in [0.29, 0.717) is 12.1 Å². The zero-order valence-electron chi connectivity index (χ0n) is 16.9. The minimum atomic E-state index is 0.0956. The molecule has 0 unspecified atom stereocenters. The summed E-state index contributed by atoms with van der Waals surface area (Å²) in [6.45, 7) is 6.97. The van der Waals surface area contributed by atoms with Crippen LogP contribution in [0.25, 0.3) is 11.3 Å². The lowest BCUT2D eigenvalue weighted by Gasteiger charge is -2.24. The first-order valence-electron chi connectivity index (χ1n) is 10.1. The van der Waals surface area contributed by atoms with Gasteiger partial charge in [0.05, 0.1) is 12.1 Å². The predicted molar refractivity (Wildman–Crippen MR) is 110 cm³/mol. The Kier molecular flexibility index (Phi) is 4.19. The number of carbonyl (C=O) groups is 1. The molecule has 1 amide bonds. The second kappa shape index (κ2) is 6.76. The van der Waals surface area contributed by atoms with Crippen molar-refractivity contribution in [2.24, 2.45) is 0 Å². The summed E-state index contributed by atoms with van der Waals surface area (Å²) < 4.78 is 11.4. The highest BCUT2D eigenvalue weighted by Gasteiger charge is 2.39. The molecule has 1 fully saturated rings. The minimum Gasteiger partial charge on any atom is -0.487 e. The smallest absolute Gasteiger partial charge is 0.258 e. The fourth-order valence-corrected chi connectivity index (χ4v) is 4.50. The van der Waals surface area contributed by atoms with Gasteiger partial charge in [-0.05, 0) is 55.5 Å². The van der Waals surface area contributed by atoms with Crippen LogP contribution in [0, 0.1) is 13.8 Å². The van der Waals surface area contributed by atoms with Crippen LogP contribution in [-0.2, 0) is 6.42 Å². The highest BCUT2D eigenvalue weighted by atomic mass is 16.5. The highest BCUT2D eigenvalue weighted by molar-refractivity contribution is 5.98. The van der Waals surface area contributed by atoms with E-state index in [1.807, 2.05) is 11.0 Å². The van der Waals surface area contributed by atoms with Crippen molar-refractivity contribution < 1.29 is 13.9 Å². The first-order chi connectivity index (χ1) is 14.0. The number of amides is 1. The van der Waals surface area contributed by atoms with Gasteiger partial charge in [-0.15, -0.1) is 0 Å². The average Bonchev–Trinajstić information content (AvgIpc) is 3.35. The molecule has 2 aromatic carbocycles. The molecule has 148 valence electrons. The summed E-state index contributed by atoms with van der Waals surface area (Å²) >= 11 is 0. The van der Waals surface area contributed by atoms with Gasteiger partial charge in [-0.2, -0.15) is 0 Å². The number of ether oxygens (including phenoxy) is 1. The van der Waals surface area contributed by atoms with E-state index in [2.05, 4.69) is 50.0 Å². The maximum atomic E-state index is 13.2. The number of benzene rings is 2. The van der Waals surface area contributed by atoms with Crippen LogP contribution in [0.1, 0.15) is 46.0 Å². The van der Waals surface area contributed by atoms with E-state index in [1.54, 1.807) is 6.26 Å². The second-order valence-electron chi connectivity index (χ2n) is 8.19. The lowest BCUT2D eigenvalue weighted by molar-refractivity contribution is 0.0748. The number of nitrogens with zero attached hydrogens (tertiary/aromatic N) is 2. The Bertz CT molecular complexity index is 1070. The van der Waals surface area contributed by atoms with Gasteiger partial charge >= 0.3 is 0 Å². The molecule has 2 aliphatic heterocycles. The SMILES string of the molecule is Cc1c(Cc2ccc(-c3cocn3)cc2)cc2c(c1C)O[C@H]1C[C@@H](C)N(C1)C2=O. The van der Waals surface area contributed by atoms with E-state index in [-0.39, 0.29) is 18.1 Å². The number of aromatic nitrogens is 1. The highest BCUT2D eigenvalue weighted by Crippen LogP contribution is 2.38. The molecule has 1 saturated heterocycles. The van der Waals surface area contributed by atoms with Gasteiger partial charge in [-0.25, -0.2) is 4.98 Å². The normalized spacial score (nSPS) is 20.4. The van der Waals surface area contributed by atoms with Crippen LogP contribution >= 0.6 is 0 Å². The Morgan fingerprint density at radius 3 is 2.69 bits per heavy atom. The van der Waals surface area contributed by atoms with Gasteiger partial charge < -0.3 is 14.1 Å². The van der Waals surface area contributed by atoms with Crippen molar-refractivity contribution in [2.45, 2.75) is 45.8 Å². The summed E-state index contributed by atoms with van der Waals surface area (Å²) in [6.07, 6.45) is 4.86. The fraction of sp³-hybridized carbons (Fsp3) is 0.333. The number of oxazole rings is 1. The molecule has 1 aromatic heterocycles. The molecule has 0 N–H and O–H groups in total. The Balaban J connectivity index is 1.49. The van der Waals surface area contributed by atoms with Gasteiger partial charge in [-0.3, -0.25) is 4.79 Å². The lowest BCUT2D eigenvalue weighted by atomic mass is 9.92. The molecular weight excluding hydrogens is 364 g/mol. The van der Waals surface area contributed by atoms with Crippen molar-refractivity contribution in [3.8, 4) is 17.0 Å². The molecule has 5 heteroatoms. The van der Waals surface area contributed by atoms with Crippen LogP contribution in [-0.4, -0.2) is 34.5 Å². The zero-order chi connectivity index (χ0) is 20.1. The number of rotatable bonds is 3. The Morgan fingerprint density at radius 2 is 1.97 bits per heavy atom. The monoisotopic (exact) mass is 388 g/mol. The van der Waals surface area contributed by atoms with Gasteiger partial charge in [0.15, 0.2) is 6.39 Å². The Labute approximate surface area is 170 Å². The lowest BCUT2D eigenvalue weighted by Crippen LogP contribution is -2.33. The largest absolute Gasteiger partial charge is 0.487 e. The van der Waals surface area contributed by atoms with Crippen molar-refractivity contribution in [3.63, 3.8) is 0 Å². The minimum absolute atomic E-state index is 0.0956. The maximum absolute atomic E-state index is 13.2. The third kappa shape index (κ3) is 3.01. The first-order valence-corrected chi connectivity index (χ1v) is 10.1. The molecular formula is C24H24N2O3. The molecule has 0 radical (unpaired) electrons. The molecule has 2 atom stereocenters. The molecule has 3 heterocycles. The van der Waals surface area contributed by atoms with Crippen molar-refractivity contribution in [1.82, 2.24) is 9.88 Å². The van der Waals surface area contributed by atoms with E-state index >= 15 is 0 Å². The summed E-state index contributed by atoms with van der Waals surface area (Å²) in [5, 5.41) is 0. The van der Waals surface area contributed by atoms with Gasteiger partial charge in [0.1, 0.15) is 23.8 Å². The number of carbonyl (C=O) groups excluding carboxylic acids is 1. The quantitative estimate of drug-likeness (QED) is 0.661. The molecule has 2 bridgehead atoms. The van der Waals surface area contributed by atoms with E-state index in [4.69, 9.17) is 9.15 Å². The fourth-order valence-electron chi connectivity index (χ4n) is 4.50. The summed E-state index contributed by atoms with van der Waals surface area (Å²) in [5.41, 5.74) is 7.19. The van der Waals surface area contributed by atoms with Crippen molar-refractivity contribution in [1.29, 1.82) is 0 Å². The van der Waals surface area contributed by atoms with Crippen LogP contribution in [0.15, 0.2) is 47.4 Å². The van der Waals surface area contributed by atoms with E-state index in [0.717, 1.165) is 35.4 Å². The first kappa shape index (κ1) is 18.0. The van der Waals surface area contributed by atoms with Gasteiger partial charge in [-0.1, -0.05) is 24.3 Å². The molecule has 0 aliphatic carbocycles. The van der Waals surface area contributed by atoms with Gasteiger partial charge in [0.2, 0.25) is 0 Å². The summed E-state index contributed by atoms with van der Waals surface area (Å²) in [7, 11) is 0. The van der Waals surface area contributed by atoms with Crippen molar-refractivity contribution in [2.75, 3.05) is 6.54 Å². The topological polar surface area (TPSA) is 55.6 Å². The number of hydrogen-bond donors (Lipinski definition) is 0. The molecule has 29 heavy (non-hydrogen) atoms. The van der Waals surface area contributed by atoms with Crippen LogP contribution in [0.4, 0.5) is 0 Å². The van der Waals surface area contributed by atoms with Gasteiger partial charge in [0.25, 0.3) is 5.91 Å². The molecule has 0 spiro atoms. The average molecular weight is 388 g/mol. The number of hydrogen-bond acceptors (Lipinski definition) is 4. The van der Waals surface area contributed by atoms with Crippen molar-refractivity contribution in [3.05, 3.63) is 70.8 Å². The third-order valence-corrected chi connectivity index (χ3v) is 6.34. The Hall–Kier alpha value is -3.08. The van der Waals surface area contributed by atoms with Gasteiger partial charge in [0, 0.05) is 18.0 Å². The summed E-state index contributed by atoms with van der Waals surface area (Å²) in [5.74, 6) is 0.871. The second-order valence-corrected chi connectivity index (χ2v) is 8.19. The number of fused-ring (bicyclic) bond motifs is 3. The Morgan fingerprint density at radius 1 is 1.17 bits per heavy atom. The van der Waals surface area contributed by atoms with Crippen LogP contribution in [0.2, 0.25) is 0 Å². The predicted octanol–water partition coefficient (Wildman–Crippen LogP) is 4.54. The van der Waals surface area contributed by atoms with Crippen molar-refractivity contribution >= 4 is 5.91 Å². The zero-order valence-corrected chi connectivity index (χ0v) is 16.9. The van der Waals surface area contributed by atoms with Crippen LogP contribution in [0.3, 0.4) is 0 Å². The maximum Gasteiger partial charge on any atom is 0.258 e. The molecule has 5 rings (SSSR count). The van der Waals surface area contributed by atoms with E-state index in [9.17, 15) is 4.79 Å². The standard InChI is InChI=1S/C24H24N2O3/c1-14-8-20-11-26(14)24(27)21-10-19(15(2)16(3)23(21)29-20)9-17-4-6-18(7-5-17)22-12-28-13-25-22/h4-7,10,12-14,20H,8-9,11H2,1-3H3/t14-,20+/m1/s1. The molecule has 0 saturated carbocycles. The molecule has 2 aliphatic rings. The molecule has 3 aromatic rings. The summed E-state index contributed by atoms with van der Waals surface area (Å²) in [4.78, 5) is 19.3. The van der Waals surface area contributed by atoms with E-state index < -0.39 is 0 Å². The van der Waals surface area contributed by atoms with E-state index in [1.165, 1.54) is 23.1 Å². The summed E-state index contributed by atoms with van der Waals surface area (Å²) in [6, 6.07) is 10.6. The van der Waals surface area contributed by atoms with Crippen LogP contribution in [0.5, 0.6) is 5.75 Å². The van der Waals surface area contributed by atoms with Crippen LogP contribution < -0.4 is 4.74 Å².